The van der Waals surface area contributed by atoms with Crippen LogP contribution in [0.15, 0.2) is 59.7 Å². The lowest BCUT2D eigenvalue weighted by atomic mass is 9.94. The molecule has 4 rings (SSSR count). The Bertz CT molecular complexity index is 973. The third-order valence-corrected chi connectivity index (χ3v) is 4.93. The van der Waals surface area contributed by atoms with Crippen molar-refractivity contribution in [2.45, 2.75) is 25.3 Å². The fourth-order valence-corrected chi connectivity index (χ4v) is 3.67. The molecule has 138 valence electrons. The number of hydrogen-bond acceptors (Lipinski definition) is 4. The van der Waals surface area contributed by atoms with Crippen molar-refractivity contribution in [2.24, 2.45) is 0 Å². The Hall–Kier alpha value is -2.86. The second-order valence-electron chi connectivity index (χ2n) is 6.96. The molecule has 1 saturated heterocycles. The molecule has 1 atom stereocenters. The van der Waals surface area contributed by atoms with Crippen molar-refractivity contribution >= 4 is 0 Å². The van der Waals surface area contributed by atoms with Gasteiger partial charge in [0, 0.05) is 43.0 Å². The molecule has 1 aliphatic rings. The first-order valence-corrected chi connectivity index (χ1v) is 9.16. The van der Waals surface area contributed by atoms with Crippen LogP contribution in [0.2, 0.25) is 0 Å². The molecule has 5 nitrogen and oxygen atoms in total. The van der Waals surface area contributed by atoms with Crippen molar-refractivity contribution in [3.8, 4) is 11.4 Å². The summed E-state index contributed by atoms with van der Waals surface area (Å²) in [6.45, 7) is 2.48. The Labute approximate surface area is 156 Å². The molecular weight excluding hydrogens is 343 g/mol. The Morgan fingerprint density at radius 1 is 1.19 bits per heavy atom. The third kappa shape index (κ3) is 4.28. The van der Waals surface area contributed by atoms with E-state index in [1.54, 1.807) is 30.6 Å². The summed E-state index contributed by atoms with van der Waals surface area (Å²) in [7, 11) is 0. The number of nitrogens with zero attached hydrogens (tertiary/aromatic N) is 3. The van der Waals surface area contributed by atoms with Crippen molar-refractivity contribution in [2.75, 3.05) is 13.1 Å². The molecule has 0 spiro atoms. The predicted molar refractivity (Wildman–Crippen MR) is 102 cm³/mol. The molecule has 0 radical (unpaired) electrons. The van der Waals surface area contributed by atoms with Gasteiger partial charge in [0.05, 0.1) is 5.69 Å². The van der Waals surface area contributed by atoms with Crippen LogP contribution >= 0.6 is 0 Å². The maximum atomic E-state index is 13.4. The molecule has 2 aromatic heterocycles. The molecule has 0 saturated carbocycles. The lowest BCUT2D eigenvalue weighted by Crippen LogP contribution is -2.34. The highest BCUT2D eigenvalue weighted by Crippen LogP contribution is 2.27. The van der Waals surface area contributed by atoms with Crippen LogP contribution in [0.3, 0.4) is 0 Å². The van der Waals surface area contributed by atoms with Gasteiger partial charge >= 0.3 is 0 Å². The molecule has 1 aliphatic heterocycles. The standard InChI is InChI=1S/C21H21FN4O/c22-18-5-1-3-15(11-18)13-26-10-2-4-17(14-26)19-12-20(27)25-21(24-19)16-6-8-23-9-7-16/h1,3,5-9,11-12,17H,2,4,10,13-14H2,(H,24,25,27). The molecule has 3 heterocycles. The Morgan fingerprint density at radius 3 is 2.85 bits per heavy atom. The molecule has 1 unspecified atom stereocenters. The Kier molecular flexibility index (Phi) is 5.07. The van der Waals surface area contributed by atoms with E-state index in [9.17, 15) is 9.18 Å². The summed E-state index contributed by atoms with van der Waals surface area (Å²) >= 11 is 0. The van der Waals surface area contributed by atoms with Crippen LogP contribution in [0, 0.1) is 5.82 Å². The monoisotopic (exact) mass is 364 g/mol. The average molecular weight is 364 g/mol. The van der Waals surface area contributed by atoms with Gasteiger partial charge < -0.3 is 4.98 Å². The normalized spacial score (nSPS) is 17.7. The number of benzene rings is 1. The zero-order chi connectivity index (χ0) is 18.6. The SMILES string of the molecule is O=c1cc(C2CCCN(Cc3cccc(F)c3)C2)nc(-c2ccncc2)[nH]1. The second-order valence-corrected chi connectivity index (χ2v) is 6.96. The maximum Gasteiger partial charge on any atom is 0.251 e. The van der Waals surface area contributed by atoms with E-state index < -0.39 is 0 Å². The van der Waals surface area contributed by atoms with Gasteiger partial charge in [-0.3, -0.25) is 14.7 Å². The Balaban J connectivity index is 1.54. The minimum Gasteiger partial charge on any atom is -0.307 e. The summed E-state index contributed by atoms with van der Waals surface area (Å²) in [5.74, 6) is 0.552. The first kappa shape index (κ1) is 17.5. The van der Waals surface area contributed by atoms with E-state index >= 15 is 0 Å². The topological polar surface area (TPSA) is 61.9 Å². The molecule has 3 aromatic rings. The fraction of sp³-hybridized carbons (Fsp3) is 0.286. The fourth-order valence-electron chi connectivity index (χ4n) is 3.67. The zero-order valence-corrected chi connectivity index (χ0v) is 14.9. The molecule has 0 bridgehead atoms. The molecule has 0 aliphatic carbocycles. The largest absolute Gasteiger partial charge is 0.307 e. The quantitative estimate of drug-likeness (QED) is 0.771. The van der Waals surface area contributed by atoms with Gasteiger partial charge in [0.25, 0.3) is 5.56 Å². The second kappa shape index (κ2) is 7.80. The zero-order valence-electron chi connectivity index (χ0n) is 14.9. The van der Waals surface area contributed by atoms with E-state index in [2.05, 4.69) is 14.9 Å². The third-order valence-electron chi connectivity index (χ3n) is 4.93. The smallest absolute Gasteiger partial charge is 0.251 e. The molecule has 27 heavy (non-hydrogen) atoms. The minimum atomic E-state index is -0.209. The number of nitrogens with one attached hydrogen (secondary N) is 1. The van der Waals surface area contributed by atoms with E-state index in [0.29, 0.717) is 12.4 Å². The molecule has 1 N–H and O–H groups in total. The van der Waals surface area contributed by atoms with Gasteiger partial charge in [0.1, 0.15) is 11.6 Å². The van der Waals surface area contributed by atoms with Gasteiger partial charge in [-0.2, -0.15) is 0 Å². The highest BCUT2D eigenvalue weighted by atomic mass is 19.1. The van der Waals surface area contributed by atoms with Gasteiger partial charge in [-0.15, -0.1) is 0 Å². The highest BCUT2D eigenvalue weighted by molar-refractivity contribution is 5.53. The lowest BCUT2D eigenvalue weighted by molar-refractivity contribution is 0.198. The van der Waals surface area contributed by atoms with Crippen molar-refractivity contribution in [3.05, 3.63) is 82.3 Å². The number of likely N-dealkylation sites (tertiary alicyclic amines) is 1. The number of pyridine rings is 1. The van der Waals surface area contributed by atoms with Crippen LogP contribution in [0.5, 0.6) is 0 Å². The van der Waals surface area contributed by atoms with Crippen LogP contribution in [0.1, 0.15) is 30.0 Å². The summed E-state index contributed by atoms with van der Waals surface area (Å²) in [6, 6.07) is 12.0. The van der Waals surface area contributed by atoms with Gasteiger partial charge in [-0.1, -0.05) is 12.1 Å². The van der Waals surface area contributed by atoms with Crippen molar-refractivity contribution in [3.63, 3.8) is 0 Å². The number of aromatic nitrogens is 3. The highest BCUT2D eigenvalue weighted by Gasteiger charge is 2.23. The van der Waals surface area contributed by atoms with E-state index in [0.717, 1.165) is 42.8 Å². The number of H-pyrrole nitrogens is 1. The molecular formula is C21H21FN4O. The maximum absolute atomic E-state index is 13.4. The molecule has 0 amide bonds. The summed E-state index contributed by atoms with van der Waals surface area (Å²) < 4.78 is 13.4. The van der Waals surface area contributed by atoms with E-state index in [1.165, 1.54) is 6.07 Å². The van der Waals surface area contributed by atoms with Crippen LogP contribution in [0.4, 0.5) is 4.39 Å². The lowest BCUT2D eigenvalue weighted by Gasteiger charge is -2.32. The first-order valence-electron chi connectivity index (χ1n) is 9.16. The molecule has 6 heteroatoms. The number of piperidine rings is 1. The summed E-state index contributed by atoms with van der Waals surface area (Å²) in [5, 5.41) is 0. The average Bonchev–Trinajstić information content (AvgIpc) is 2.68. The predicted octanol–water partition coefficient (Wildman–Crippen LogP) is 3.35. The van der Waals surface area contributed by atoms with Crippen LogP contribution in [-0.4, -0.2) is 32.9 Å². The van der Waals surface area contributed by atoms with E-state index in [4.69, 9.17) is 4.98 Å². The van der Waals surface area contributed by atoms with E-state index in [1.807, 2.05) is 18.2 Å². The Morgan fingerprint density at radius 2 is 2.04 bits per heavy atom. The van der Waals surface area contributed by atoms with Gasteiger partial charge in [-0.05, 0) is 49.2 Å². The summed E-state index contributed by atoms with van der Waals surface area (Å²) in [5.41, 5.74) is 2.48. The van der Waals surface area contributed by atoms with Gasteiger partial charge in [0.2, 0.25) is 0 Å². The molecule has 1 aromatic carbocycles. The number of hydrogen-bond donors (Lipinski definition) is 1. The van der Waals surface area contributed by atoms with Gasteiger partial charge in [-0.25, -0.2) is 9.37 Å². The number of aromatic amines is 1. The molecule has 1 fully saturated rings. The number of rotatable bonds is 4. The minimum absolute atomic E-state index is 0.144. The van der Waals surface area contributed by atoms with E-state index in [-0.39, 0.29) is 17.3 Å². The first-order chi connectivity index (χ1) is 13.2. The van der Waals surface area contributed by atoms with Crippen LogP contribution in [0.25, 0.3) is 11.4 Å². The summed E-state index contributed by atoms with van der Waals surface area (Å²) in [6.07, 6.45) is 5.39. The van der Waals surface area contributed by atoms with Crippen molar-refractivity contribution in [1.29, 1.82) is 0 Å². The van der Waals surface area contributed by atoms with Crippen LogP contribution < -0.4 is 5.56 Å². The van der Waals surface area contributed by atoms with Crippen LogP contribution in [-0.2, 0) is 6.54 Å². The number of halogens is 1. The van der Waals surface area contributed by atoms with Crippen molar-refractivity contribution < 1.29 is 4.39 Å². The van der Waals surface area contributed by atoms with Gasteiger partial charge in [0.15, 0.2) is 0 Å². The summed E-state index contributed by atoms with van der Waals surface area (Å²) in [4.78, 5) is 26.0. The van der Waals surface area contributed by atoms with Crippen molar-refractivity contribution in [1.82, 2.24) is 19.9 Å².